The highest BCUT2D eigenvalue weighted by Crippen LogP contribution is 2.30. The van der Waals surface area contributed by atoms with E-state index in [1.54, 1.807) is 18.2 Å². The number of hydrogen-bond donors (Lipinski definition) is 1. The summed E-state index contributed by atoms with van der Waals surface area (Å²) in [4.78, 5) is 20.2. The number of fused-ring (bicyclic) bond motifs is 1. The van der Waals surface area contributed by atoms with Gasteiger partial charge in [0.2, 0.25) is 0 Å². The van der Waals surface area contributed by atoms with E-state index in [2.05, 4.69) is 0 Å². The van der Waals surface area contributed by atoms with Crippen molar-refractivity contribution in [2.75, 3.05) is 13.2 Å². The lowest BCUT2D eigenvalue weighted by atomic mass is 10.2. The molecule has 0 radical (unpaired) electrons. The number of rotatable bonds is 2. The molecule has 0 bridgehead atoms. The summed E-state index contributed by atoms with van der Waals surface area (Å²) in [5.74, 6) is 0.762. The van der Waals surface area contributed by atoms with Crippen LogP contribution in [-0.4, -0.2) is 30.6 Å². The summed E-state index contributed by atoms with van der Waals surface area (Å²) in [5.41, 5.74) is 0.610. The van der Waals surface area contributed by atoms with E-state index >= 15 is 0 Å². The molecular weight excluding hydrogens is 236 g/mol. The third-order valence-corrected chi connectivity index (χ3v) is 2.63. The molecule has 96 valence electrons. The molecule has 2 aliphatic rings. The Kier molecular flexibility index (Phi) is 3.82. The first-order chi connectivity index (χ1) is 8.70. The van der Waals surface area contributed by atoms with Crippen molar-refractivity contribution in [2.24, 2.45) is 5.92 Å². The van der Waals surface area contributed by atoms with Gasteiger partial charge >= 0.3 is 5.97 Å². The topological polar surface area (TPSA) is 72.8 Å². The van der Waals surface area contributed by atoms with Crippen LogP contribution < -0.4 is 9.47 Å². The van der Waals surface area contributed by atoms with Crippen LogP contribution >= 0.6 is 0 Å². The maximum atomic E-state index is 10.4. The Morgan fingerprint density at radius 3 is 2.39 bits per heavy atom. The SMILES string of the molecule is O=C(O)C1CC1.O=Cc1ccc2c(c1)OCCO2. The molecule has 0 amide bonds. The molecule has 0 aromatic heterocycles. The first kappa shape index (κ1) is 12.4. The van der Waals surface area contributed by atoms with Crippen LogP contribution in [0.15, 0.2) is 18.2 Å². The molecule has 3 rings (SSSR count). The second-order valence-electron chi connectivity index (χ2n) is 4.13. The number of carbonyl (C=O) groups is 2. The van der Waals surface area contributed by atoms with Crippen molar-refractivity contribution in [3.63, 3.8) is 0 Å². The van der Waals surface area contributed by atoms with Gasteiger partial charge < -0.3 is 14.6 Å². The molecule has 5 heteroatoms. The maximum Gasteiger partial charge on any atom is 0.306 e. The van der Waals surface area contributed by atoms with Gasteiger partial charge in [0.05, 0.1) is 5.92 Å². The van der Waals surface area contributed by atoms with Crippen LogP contribution in [0.25, 0.3) is 0 Å². The lowest BCUT2D eigenvalue weighted by Crippen LogP contribution is -2.15. The minimum Gasteiger partial charge on any atom is -0.486 e. The van der Waals surface area contributed by atoms with Crippen LogP contribution in [0.2, 0.25) is 0 Å². The summed E-state index contributed by atoms with van der Waals surface area (Å²) in [6, 6.07) is 5.14. The van der Waals surface area contributed by atoms with Gasteiger partial charge in [-0.05, 0) is 31.0 Å². The van der Waals surface area contributed by atoms with Crippen LogP contribution in [0.1, 0.15) is 23.2 Å². The van der Waals surface area contributed by atoms with Gasteiger partial charge in [-0.1, -0.05) is 0 Å². The highest BCUT2D eigenvalue weighted by atomic mass is 16.6. The van der Waals surface area contributed by atoms with Crippen LogP contribution in [-0.2, 0) is 4.79 Å². The van der Waals surface area contributed by atoms with Crippen molar-refractivity contribution in [1.29, 1.82) is 0 Å². The number of aldehydes is 1. The quantitative estimate of drug-likeness (QED) is 0.809. The van der Waals surface area contributed by atoms with Crippen molar-refractivity contribution in [3.05, 3.63) is 23.8 Å². The predicted octanol–water partition coefficient (Wildman–Crippen LogP) is 1.75. The fraction of sp³-hybridized carbons (Fsp3) is 0.385. The molecule has 1 aliphatic carbocycles. The zero-order valence-electron chi connectivity index (χ0n) is 9.80. The van der Waals surface area contributed by atoms with Gasteiger partial charge in [0.1, 0.15) is 19.5 Å². The number of aliphatic carboxylic acids is 1. The van der Waals surface area contributed by atoms with Gasteiger partial charge in [-0.15, -0.1) is 0 Å². The lowest BCUT2D eigenvalue weighted by molar-refractivity contribution is -0.138. The summed E-state index contributed by atoms with van der Waals surface area (Å²) in [7, 11) is 0. The Balaban J connectivity index is 0.000000169. The van der Waals surface area contributed by atoms with Crippen molar-refractivity contribution >= 4 is 12.3 Å². The molecule has 1 N–H and O–H groups in total. The van der Waals surface area contributed by atoms with E-state index in [0.29, 0.717) is 30.3 Å². The molecule has 0 saturated heterocycles. The average Bonchev–Trinajstić information content (AvgIpc) is 3.23. The van der Waals surface area contributed by atoms with Crippen molar-refractivity contribution < 1.29 is 24.2 Å². The van der Waals surface area contributed by atoms with E-state index in [-0.39, 0.29) is 5.92 Å². The van der Waals surface area contributed by atoms with Gasteiger partial charge in [0.25, 0.3) is 0 Å². The Morgan fingerprint density at radius 1 is 1.22 bits per heavy atom. The molecule has 1 aromatic carbocycles. The second-order valence-corrected chi connectivity index (χ2v) is 4.13. The lowest BCUT2D eigenvalue weighted by Gasteiger charge is -2.17. The zero-order valence-corrected chi connectivity index (χ0v) is 9.80. The molecule has 0 spiro atoms. The van der Waals surface area contributed by atoms with E-state index in [0.717, 1.165) is 19.1 Å². The summed E-state index contributed by atoms with van der Waals surface area (Å²) >= 11 is 0. The second kappa shape index (κ2) is 5.53. The fourth-order valence-corrected chi connectivity index (χ4v) is 1.46. The third-order valence-electron chi connectivity index (χ3n) is 2.63. The number of carbonyl (C=O) groups excluding carboxylic acids is 1. The van der Waals surface area contributed by atoms with Crippen molar-refractivity contribution in [3.8, 4) is 11.5 Å². The largest absolute Gasteiger partial charge is 0.486 e. The van der Waals surface area contributed by atoms with E-state index < -0.39 is 5.97 Å². The molecule has 1 fully saturated rings. The van der Waals surface area contributed by atoms with Crippen LogP contribution in [0.5, 0.6) is 11.5 Å². The average molecular weight is 250 g/mol. The molecule has 1 aromatic rings. The van der Waals surface area contributed by atoms with Gasteiger partial charge in [-0.3, -0.25) is 9.59 Å². The Labute approximate surface area is 104 Å². The molecule has 18 heavy (non-hydrogen) atoms. The Morgan fingerprint density at radius 2 is 1.89 bits per heavy atom. The number of carboxylic acid groups (broad SMARTS) is 1. The van der Waals surface area contributed by atoms with Crippen molar-refractivity contribution in [1.82, 2.24) is 0 Å². The normalized spacial score (nSPS) is 16.2. The maximum absolute atomic E-state index is 10.4. The molecule has 5 nitrogen and oxygen atoms in total. The molecule has 1 heterocycles. The van der Waals surface area contributed by atoms with E-state index in [1.807, 2.05) is 0 Å². The van der Waals surface area contributed by atoms with Crippen LogP contribution in [0, 0.1) is 5.92 Å². The fourth-order valence-electron chi connectivity index (χ4n) is 1.46. The Bertz CT molecular complexity index is 451. The van der Waals surface area contributed by atoms with Gasteiger partial charge in [0, 0.05) is 5.56 Å². The van der Waals surface area contributed by atoms with Gasteiger partial charge in [-0.25, -0.2) is 0 Å². The van der Waals surface area contributed by atoms with Crippen LogP contribution in [0.4, 0.5) is 0 Å². The van der Waals surface area contributed by atoms with E-state index in [9.17, 15) is 9.59 Å². The molecule has 1 saturated carbocycles. The summed E-state index contributed by atoms with van der Waals surface area (Å²) in [6.45, 7) is 1.13. The molecule has 1 aliphatic heterocycles. The smallest absolute Gasteiger partial charge is 0.306 e. The summed E-state index contributed by atoms with van der Waals surface area (Å²) < 4.78 is 10.6. The van der Waals surface area contributed by atoms with E-state index in [1.165, 1.54) is 0 Å². The summed E-state index contributed by atoms with van der Waals surface area (Å²) in [5, 5.41) is 8.05. The molecule has 0 atom stereocenters. The first-order valence-electron chi connectivity index (χ1n) is 5.78. The standard InChI is InChI=1S/C9H8O3.C4H6O2/c10-6-7-1-2-8-9(5-7)12-4-3-11-8;5-4(6)3-1-2-3/h1-2,5-6H,3-4H2;3H,1-2H2,(H,5,6). The highest BCUT2D eigenvalue weighted by molar-refractivity contribution is 5.76. The van der Waals surface area contributed by atoms with Gasteiger partial charge in [0.15, 0.2) is 11.5 Å². The highest BCUT2D eigenvalue weighted by Gasteiger charge is 2.28. The van der Waals surface area contributed by atoms with E-state index in [4.69, 9.17) is 14.6 Å². The minimum atomic E-state index is -0.630. The van der Waals surface area contributed by atoms with Crippen LogP contribution in [0.3, 0.4) is 0 Å². The first-order valence-corrected chi connectivity index (χ1v) is 5.78. The van der Waals surface area contributed by atoms with Crippen molar-refractivity contribution in [2.45, 2.75) is 12.8 Å². The number of hydrogen-bond acceptors (Lipinski definition) is 4. The Hall–Kier alpha value is -2.04. The zero-order chi connectivity index (χ0) is 13.0. The third kappa shape index (κ3) is 3.23. The molecule has 0 unspecified atom stereocenters. The number of benzene rings is 1. The minimum absolute atomic E-state index is 0.0185. The van der Waals surface area contributed by atoms with Gasteiger partial charge in [-0.2, -0.15) is 0 Å². The number of ether oxygens (including phenoxy) is 2. The predicted molar refractivity (Wildman–Crippen MR) is 63.2 cm³/mol. The number of carboxylic acids is 1. The molecular formula is C13H14O5. The summed E-state index contributed by atoms with van der Waals surface area (Å²) in [6.07, 6.45) is 2.59. The monoisotopic (exact) mass is 250 g/mol.